The van der Waals surface area contributed by atoms with Gasteiger partial charge in [0, 0.05) is 5.75 Å². The summed E-state index contributed by atoms with van der Waals surface area (Å²) >= 11 is 1.18. The van der Waals surface area contributed by atoms with Gasteiger partial charge in [0.1, 0.15) is 0 Å². The zero-order valence-electron chi connectivity index (χ0n) is 8.86. The molecule has 1 saturated carbocycles. The zero-order valence-corrected chi connectivity index (χ0v) is 9.67. The van der Waals surface area contributed by atoms with Crippen LogP contribution in [0.25, 0.3) is 0 Å². The maximum atomic E-state index is 11.3. The molecule has 0 bridgehead atoms. The first-order valence-electron chi connectivity index (χ1n) is 5.04. The fourth-order valence-electron chi connectivity index (χ4n) is 1.53. The number of carboxylic acids is 1. The molecule has 92 valence electrons. The van der Waals surface area contributed by atoms with E-state index < -0.39 is 17.2 Å². The Hall–Kier alpha value is -1.57. The van der Waals surface area contributed by atoms with Gasteiger partial charge in [-0.3, -0.25) is 14.6 Å². The Morgan fingerprint density at radius 3 is 2.71 bits per heavy atom. The number of nitrogens with zero attached hydrogens (tertiary/aromatic N) is 1. The number of aromatic nitrogens is 3. The second-order valence-electron chi connectivity index (χ2n) is 4.17. The van der Waals surface area contributed by atoms with Crippen molar-refractivity contribution in [3.8, 4) is 0 Å². The lowest BCUT2D eigenvalue weighted by Crippen LogP contribution is -2.25. The zero-order chi connectivity index (χ0) is 12.5. The molecule has 7 nitrogen and oxygen atoms in total. The maximum Gasteiger partial charge on any atom is 0.342 e. The molecule has 8 heteroatoms. The van der Waals surface area contributed by atoms with E-state index in [0.717, 1.165) is 12.8 Å². The highest BCUT2D eigenvalue weighted by Gasteiger charge is 2.44. The molecule has 0 saturated heterocycles. The molecule has 1 aromatic heterocycles. The van der Waals surface area contributed by atoms with Crippen molar-refractivity contribution in [2.45, 2.75) is 24.3 Å². The van der Waals surface area contributed by atoms with Gasteiger partial charge in [0.25, 0.3) is 5.56 Å². The molecule has 0 radical (unpaired) electrons. The molecule has 0 unspecified atom stereocenters. The smallest absolute Gasteiger partial charge is 0.342 e. The largest absolute Gasteiger partial charge is 0.481 e. The van der Waals surface area contributed by atoms with Crippen LogP contribution in [-0.2, 0) is 4.79 Å². The number of carbonyl (C=O) groups is 1. The average molecular weight is 257 g/mol. The quantitative estimate of drug-likeness (QED) is 0.629. The molecule has 0 spiro atoms. The Morgan fingerprint density at radius 1 is 1.47 bits per heavy atom. The van der Waals surface area contributed by atoms with Gasteiger partial charge < -0.3 is 5.11 Å². The summed E-state index contributed by atoms with van der Waals surface area (Å²) in [5.74, 6) is -0.298. The van der Waals surface area contributed by atoms with Crippen LogP contribution < -0.4 is 11.2 Å². The fourth-order valence-corrected chi connectivity index (χ4v) is 2.65. The van der Waals surface area contributed by atoms with Crippen LogP contribution in [0.15, 0.2) is 14.6 Å². The van der Waals surface area contributed by atoms with Crippen molar-refractivity contribution in [3.05, 3.63) is 20.8 Å². The Kier molecular flexibility index (Phi) is 3.05. The summed E-state index contributed by atoms with van der Waals surface area (Å²) in [5.41, 5.74) is -1.39. The predicted molar refractivity (Wildman–Crippen MR) is 60.1 cm³/mol. The number of hydrogen-bond acceptors (Lipinski definition) is 5. The van der Waals surface area contributed by atoms with Crippen LogP contribution in [0.3, 0.4) is 0 Å². The molecule has 1 aliphatic carbocycles. The third-order valence-corrected chi connectivity index (χ3v) is 3.99. The van der Waals surface area contributed by atoms with Crippen molar-refractivity contribution < 1.29 is 9.90 Å². The molecule has 0 aromatic carbocycles. The number of thioether (sulfide) groups is 1. The minimum atomic E-state index is -0.827. The van der Waals surface area contributed by atoms with Crippen LogP contribution in [0.5, 0.6) is 0 Å². The monoisotopic (exact) mass is 257 g/mol. The maximum absolute atomic E-state index is 11.3. The van der Waals surface area contributed by atoms with Gasteiger partial charge in [0.2, 0.25) is 0 Å². The summed E-state index contributed by atoms with van der Waals surface area (Å²) in [4.78, 5) is 34.8. The highest BCUT2D eigenvalue weighted by Crippen LogP contribution is 2.51. The molecule has 1 fully saturated rings. The topological polar surface area (TPSA) is 116 Å². The van der Waals surface area contributed by atoms with E-state index in [1.54, 1.807) is 0 Å². The number of H-pyrrole nitrogens is 2. The third-order valence-electron chi connectivity index (χ3n) is 2.68. The summed E-state index contributed by atoms with van der Waals surface area (Å²) in [6, 6.07) is 0. The van der Waals surface area contributed by atoms with Crippen molar-refractivity contribution in [1.29, 1.82) is 0 Å². The first kappa shape index (κ1) is 11.9. The number of carboxylic acid groups (broad SMARTS) is 1. The van der Waals surface area contributed by atoms with Crippen LogP contribution in [0, 0.1) is 5.41 Å². The van der Waals surface area contributed by atoms with Crippen molar-refractivity contribution in [1.82, 2.24) is 15.2 Å². The van der Waals surface area contributed by atoms with Crippen LogP contribution in [-0.4, -0.2) is 32.0 Å². The lowest BCUT2D eigenvalue weighted by atomic mass is 10.1. The van der Waals surface area contributed by atoms with Gasteiger partial charge in [0.05, 0.1) is 6.42 Å². The SMILES string of the molecule is O=C(O)CC1(CSc2n[nH]c(=O)[nH]c2=O)CC1. The number of hydrogen-bond donors (Lipinski definition) is 3. The molecular weight excluding hydrogens is 246 g/mol. The van der Waals surface area contributed by atoms with Crippen LogP contribution >= 0.6 is 11.8 Å². The van der Waals surface area contributed by atoms with E-state index in [1.165, 1.54) is 11.8 Å². The van der Waals surface area contributed by atoms with Gasteiger partial charge in [-0.1, -0.05) is 11.8 Å². The molecule has 0 amide bonds. The van der Waals surface area contributed by atoms with E-state index in [-0.39, 0.29) is 16.9 Å². The normalized spacial score (nSPS) is 16.7. The minimum Gasteiger partial charge on any atom is -0.481 e. The molecule has 17 heavy (non-hydrogen) atoms. The molecule has 2 rings (SSSR count). The minimum absolute atomic E-state index is 0.112. The summed E-state index contributed by atoms with van der Waals surface area (Å²) < 4.78 is 0. The van der Waals surface area contributed by atoms with E-state index in [1.807, 2.05) is 0 Å². The molecule has 1 heterocycles. The van der Waals surface area contributed by atoms with Gasteiger partial charge in [-0.05, 0) is 18.3 Å². The number of rotatable bonds is 5. The highest BCUT2D eigenvalue weighted by atomic mass is 32.2. The summed E-state index contributed by atoms with van der Waals surface area (Å²) in [6.07, 6.45) is 1.82. The molecule has 1 aromatic rings. The van der Waals surface area contributed by atoms with Crippen molar-refractivity contribution in [3.63, 3.8) is 0 Å². The van der Waals surface area contributed by atoms with Gasteiger partial charge in [0.15, 0.2) is 5.03 Å². The Morgan fingerprint density at radius 2 is 2.18 bits per heavy atom. The standard InChI is InChI=1S/C9H11N3O4S/c13-5(14)3-9(1-2-9)4-17-7-6(15)10-8(16)12-11-7/h1-4H2,(H,13,14)(H2,10,12,15,16). The first-order chi connectivity index (χ1) is 8.01. The van der Waals surface area contributed by atoms with E-state index in [0.29, 0.717) is 5.75 Å². The van der Waals surface area contributed by atoms with E-state index in [9.17, 15) is 14.4 Å². The Labute approximate surface area is 99.6 Å². The van der Waals surface area contributed by atoms with E-state index in [2.05, 4.69) is 15.2 Å². The molecule has 3 N–H and O–H groups in total. The highest BCUT2D eigenvalue weighted by molar-refractivity contribution is 7.99. The molecule has 0 aliphatic heterocycles. The number of aromatic amines is 2. The van der Waals surface area contributed by atoms with Crippen molar-refractivity contribution >= 4 is 17.7 Å². The lowest BCUT2D eigenvalue weighted by Gasteiger charge is -2.10. The second-order valence-corrected chi connectivity index (χ2v) is 5.14. The first-order valence-corrected chi connectivity index (χ1v) is 6.03. The van der Waals surface area contributed by atoms with Crippen molar-refractivity contribution in [2.75, 3.05) is 5.75 Å². The summed E-state index contributed by atoms with van der Waals surface area (Å²) in [6.45, 7) is 0. The van der Waals surface area contributed by atoms with E-state index >= 15 is 0 Å². The summed E-state index contributed by atoms with van der Waals surface area (Å²) in [7, 11) is 0. The molecule has 0 atom stereocenters. The number of nitrogens with one attached hydrogen (secondary N) is 2. The Bertz CT molecular complexity index is 546. The number of aliphatic carboxylic acids is 1. The van der Waals surface area contributed by atoms with Crippen LogP contribution in [0.1, 0.15) is 19.3 Å². The van der Waals surface area contributed by atoms with Crippen LogP contribution in [0.4, 0.5) is 0 Å². The van der Waals surface area contributed by atoms with Gasteiger partial charge >= 0.3 is 11.7 Å². The van der Waals surface area contributed by atoms with Gasteiger partial charge in [-0.2, -0.15) is 5.10 Å². The van der Waals surface area contributed by atoms with E-state index in [4.69, 9.17) is 5.11 Å². The molecule has 1 aliphatic rings. The average Bonchev–Trinajstić information content (AvgIpc) is 2.96. The van der Waals surface area contributed by atoms with Crippen molar-refractivity contribution in [2.24, 2.45) is 5.41 Å². The fraction of sp³-hybridized carbons (Fsp3) is 0.556. The lowest BCUT2D eigenvalue weighted by molar-refractivity contribution is -0.138. The van der Waals surface area contributed by atoms with Gasteiger partial charge in [-0.15, -0.1) is 0 Å². The third kappa shape index (κ3) is 2.96. The van der Waals surface area contributed by atoms with Crippen LogP contribution in [0.2, 0.25) is 0 Å². The molecular formula is C9H11N3O4S. The second kappa shape index (κ2) is 4.36. The van der Waals surface area contributed by atoms with Gasteiger partial charge in [-0.25, -0.2) is 9.89 Å². The summed E-state index contributed by atoms with van der Waals surface area (Å²) in [5, 5.41) is 14.7. The Balaban J connectivity index is 2.01. The predicted octanol–water partition coefficient (Wildman–Crippen LogP) is -0.195.